The lowest BCUT2D eigenvalue weighted by Gasteiger charge is -2.25. The van der Waals surface area contributed by atoms with Gasteiger partial charge in [-0.25, -0.2) is 0 Å². The van der Waals surface area contributed by atoms with E-state index in [2.05, 4.69) is 0 Å². The Hall–Kier alpha value is -2.10. The van der Waals surface area contributed by atoms with Crippen LogP contribution in [0, 0.1) is 0 Å². The lowest BCUT2D eigenvalue weighted by Crippen LogP contribution is -2.23. The maximum atomic E-state index is 11.8. The molecule has 0 aromatic heterocycles. The summed E-state index contributed by atoms with van der Waals surface area (Å²) in [6, 6.07) is 7.91. The summed E-state index contributed by atoms with van der Waals surface area (Å²) in [6.45, 7) is 3.19. The Kier molecular flexibility index (Phi) is 3.93. The van der Waals surface area contributed by atoms with Crippen LogP contribution in [0.15, 0.2) is 35.6 Å². The fourth-order valence-electron chi connectivity index (χ4n) is 2.56. The van der Waals surface area contributed by atoms with Crippen molar-refractivity contribution in [2.45, 2.75) is 26.2 Å². The standard InChI is InChI=1S/C16H19NO3/c1-10(18)16-11(2)20-15(19)9-14(16)12-5-7-13(8-6-12)17(3)4/h5-8,14H,9H2,1-4H3. The molecule has 4 nitrogen and oxygen atoms in total. The first-order valence-corrected chi connectivity index (χ1v) is 6.60. The quantitative estimate of drug-likeness (QED) is 0.794. The van der Waals surface area contributed by atoms with E-state index in [1.54, 1.807) is 6.92 Å². The number of carbonyl (C=O) groups is 2. The molecule has 0 amide bonds. The molecule has 106 valence electrons. The molecule has 1 aromatic rings. The molecule has 0 saturated heterocycles. The highest BCUT2D eigenvalue weighted by Gasteiger charge is 2.31. The molecule has 1 aliphatic rings. The van der Waals surface area contributed by atoms with Crippen molar-refractivity contribution in [2.24, 2.45) is 0 Å². The first kappa shape index (κ1) is 14.3. The van der Waals surface area contributed by atoms with Crippen LogP contribution in [-0.2, 0) is 14.3 Å². The van der Waals surface area contributed by atoms with Gasteiger partial charge in [0.15, 0.2) is 5.78 Å². The van der Waals surface area contributed by atoms with Crippen LogP contribution in [0.5, 0.6) is 0 Å². The number of benzene rings is 1. The van der Waals surface area contributed by atoms with Crippen molar-refractivity contribution in [3.05, 3.63) is 41.2 Å². The Morgan fingerprint density at radius 3 is 2.35 bits per heavy atom. The zero-order valence-corrected chi connectivity index (χ0v) is 12.3. The molecular weight excluding hydrogens is 254 g/mol. The van der Waals surface area contributed by atoms with Gasteiger partial charge in [-0.2, -0.15) is 0 Å². The maximum Gasteiger partial charge on any atom is 0.311 e. The van der Waals surface area contributed by atoms with E-state index in [-0.39, 0.29) is 24.1 Å². The van der Waals surface area contributed by atoms with Crippen molar-refractivity contribution in [2.75, 3.05) is 19.0 Å². The molecule has 0 bridgehead atoms. The van der Waals surface area contributed by atoms with Crippen LogP contribution >= 0.6 is 0 Å². The van der Waals surface area contributed by atoms with Crippen molar-refractivity contribution >= 4 is 17.4 Å². The third-order valence-electron chi connectivity index (χ3n) is 3.56. The van der Waals surface area contributed by atoms with Crippen LogP contribution in [0.2, 0.25) is 0 Å². The van der Waals surface area contributed by atoms with E-state index in [0.29, 0.717) is 11.3 Å². The number of allylic oxidation sites excluding steroid dienone is 2. The summed E-state index contributed by atoms with van der Waals surface area (Å²) in [5, 5.41) is 0. The van der Waals surface area contributed by atoms with Crippen LogP contribution in [0.1, 0.15) is 31.7 Å². The molecule has 0 radical (unpaired) electrons. The highest BCUT2D eigenvalue weighted by atomic mass is 16.5. The van der Waals surface area contributed by atoms with Crippen molar-refractivity contribution in [1.82, 2.24) is 0 Å². The molecular formula is C16H19NO3. The van der Waals surface area contributed by atoms with Crippen LogP contribution < -0.4 is 4.90 Å². The van der Waals surface area contributed by atoms with Gasteiger partial charge >= 0.3 is 5.97 Å². The van der Waals surface area contributed by atoms with E-state index in [0.717, 1.165) is 11.3 Å². The maximum absolute atomic E-state index is 11.8. The van der Waals surface area contributed by atoms with Crippen LogP contribution in [0.3, 0.4) is 0 Å². The Morgan fingerprint density at radius 1 is 1.25 bits per heavy atom. The molecule has 0 N–H and O–H groups in total. The van der Waals surface area contributed by atoms with Gasteiger partial charge in [-0.15, -0.1) is 0 Å². The van der Waals surface area contributed by atoms with Gasteiger partial charge in [0.2, 0.25) is 0 Å². The Labute approximate surface area is 119 Å². The van der Waals surface area contributed by atoms with Gasteiger partial charge in [0.1, 0.15) is 5.76 Å². The van der Waals surface area contributed by atoms with Crippen LogP contribution in [0.4, 0.5) is 5.69 Å². The predicted molar refractivity (Wildman–Crippen MR) is 77.6 cm³/mol. The fraction of sp³-hybridized carbons (Fsp3) is 0.375. The number of rotatable bonds is 3. The van der Waals surface area contributed by atoms with Crippen molar-refractivity contribution in [3.63, 3.8) is 0 Å². The normalized spacial score (nSPS) is 18.8. The number of ketones is 1. The van der Waals surface area contributed by atoms with Crippen molar-refractivity contribution in [3.8, 4) is 0 Å². The van der Waals surface area contributed by atoms with E-state index in [4.69, 9.17) is 4.74 Å². The summed E-state index contributed by atoms with van der Waals surface area (Å²) >= 11 is 0. The lowest BCUT2D eigenvalue weighted by molar-refractivity contribution is -0.141. The second-order valence-electron chi connectivity index (χ2n) is 5.24. The average molecular weight is 273 g/mol. The number of esters is 1. The first-order chi connectivity index (χ1) is 9.40. The number of anilines is 1. The van der Waals surface area contributed by atoms with E-state index >= 15 is 0 Å². The number of Topliss-reactive ketones (excluding diaryl/α,β-unsaturated/α-hetero) is 1. The Bertz CT molecular complexity index is 570. The average Bonchev–Trinajstić information content (AvgIpc) is 2.37. The monoisotopic (exact) mass is 273 g/mol. The SMILES string of the molecule is CC(=O)C1=C(C)OC(=O)CC1c1ccc(N(C)C)cc1. The topological polar surface area (TPSA) is 46.6 Å². The molecule has 1 heterocycles. The molecule has 4 heteroatoms. The largest absolute Gasteiger partial charge is 0.431 e. The van der Waals surface area contributed by atoms with E-state index in [1.165, 1.54) is 6.92 Å². The van der Waals surface area contributed by atoms with Gasteiger partial charge in [-0.3, -0.25) is 9.59 Å². The minimum atomic E-state index is -0.283. The van der Waals surface area contributed by atoms with Crippen molar-refractivity contribution < 1.29 is 14.3 Å². The first-order valence-electron chi connectivity index (χ1n) is 6.60. The number of carbonyl (C=O) groups excluding carboxylic acids is 2. The van der Waals surface area contributed by atoms with Gasteiger partial charge in [-0.1, -0.05) is 12.1 Å². The second-order valence-corrected chi connectivity index (χ2v) is 5.24. The molecule has 1 atom stereocenters. The minimum Gasteiger partial charge on any atom is -0.431 e. The minimum absolute atomic E-state index is 0.0447. The summed E-state index contributed by atoms with van der Waals surface area (Å²) < 4.78 is 5.09. The molecule has 1 aliphatic heterocycles. The van der Waals surface area contributed by atoms with Gasteiger partial charge < -0.3 is 9.64 Å². The molecule has 1 unspecified atom stereocenters. The number of hydrogen-bond donors (Lipinski definition) is 0. The van der Waals surface area contributed by atoms with Gasteiger partial charge in [-0.05, 0) is 31.5 Å². The molecule has 0 fully saturated rings. The summed E-state index contributed by atoms with van der Waals surface area (Å²) in [7, 11) is 3.94. The smallest absolute Gasteiger partial charge is 0.311 e. The molecule has 1 aromatic carbocycles. The summed E-state index contributed by atoms with van der Waals surface area (Å²) in [6.07, 6.45) is 0.216. The third kappa shape index (κ3) is 2.74. The zero-order chi connectivity index (χ0) is 14.9. The van der Waals surface area contributed by atoms with Gasteiger partial charge in [0, 0.05) is 31.3 Å². The number of cyclic esters (lactones) is 1. The molecule has 0 saturated carbocycles. The van der Waals surface area contributed by atoms with Gasteiger partial charge in [0.25, 0.3) is 0 Å². The summed E-state index contributed by atoms with van der Waals surface area (Å²) in [4.78, 5) is 25.4. The Balaban J connectivity index is 2.41. The molecule has 0 spiro atoms. The highest BCUT2D eigenvalue weighted by molar-refractivity contribution is 5.97. The van der Waals surface area contributed by atoms with Crippen molar-refractivity contribution in [1.29, 1.82) is 0 Å². The molecule has 20 heavy (non-hydrogen) atoms. The Morgan fingerprint density at radius 2 is 1.85 bits per heavy atom. The predicted octanol–water partition coefficient (Wildman–Crippen LogP) is 2.65. The van der Waals surface area contributed by atoms with Gasteiger partial charge in [0.05, 0.1) is 6.42 Å². The number of ether oxygens (including phenoxy) is 1. The van der Waals surface area contributed by atoms with E-state index < -0.39 is 0 Å². The highest BCUT2D eigenvalue weighted by Crippen LogP contribution is 2.35. The van der Waals surface area contributed by atoms with Crippen LogP contribution in [0.25, 0.3) is 0 Å². The zero-order valence-electron chi connectivity index (χ0n) is 12.3. The summed E-state index contributed by atoms with van der Waals surface area (Å²) in [5.74, 6) is -0.105. The molecule has 0 aliphatic carbocycles. The van der Waals surface area contributed by atoms with Crippen LogP contribution in [-0.4, -0.2) is 25.8 Å². The summed E-state index contributed by atoms with van der Waals surface area (Å²) in [5.41, 5.74) is 2.65. The second kappa shape index (κ2) is 5.49. The lowest BCUT2D eigenvalue weighted by atomic mass is 9.84. The van der Waals surface area contributed by atoms with E-state index in [9.17, 15) is 9.59 Å². The number of hydrogen-bond acceptors (Lipinski definition) is 4. The van der Waals surface area contributed by atoms with E-state index in [1.807, 2.05) is 43.3 Å². The fourth-order valence-corrected chi connectivity index (χ4v) is 2.56. The number of nitrogens with zero attached hydrogens (tertiary/aromatic N) is 1. The molecule has 2 rings (SSSR count). The third-order valence-corrected chi connectivity index (χ3v) is 3.56.